The fraction of sp³-hybridized carbons (Fsp3) is 1.00. The number of hydrogen-bond acceptors (Lipinski definition) is 2. The molecular formula is C5H11Cl3O2Si. The first-order valence-corrected chi connectivity index (χ1v) is 8.56. The molecule has 68 valence electrons. The van der Waals surface area contributed by atoms with E-state index in [-0.39, 0.29) is 6.61 Å². The Balaban J connectivity index is 3.02. The molecule has 0 aromatic rings. The van der Waals surface area contributed by atoms with Gasteiger partial charge in [-0.05, 0) is 12.5 Å². The number of ether oxygens (including phenoxy) is 1. The third-order valence-electron chi connectivity index (χ3n) is 0.985. The summed E-state index contributed by atoms with van der Waals surface area (Å²) in [5, 5.41) is 8.33. The van der Waals surface area contributed by atoms with E-state index in [0.717, 1.165) is 6.42 Å². The van der Waals surface area contributed by atoms with Gasteiger partial charge in [0.1, 0.15) is 0 Å². The summed E-state index contributed by atoms with van der Waals surface area (Å²) in [4.78, 5) is 0. The average Bonchev–Trinajstić information content (AvgIpc) is 1.85. The van der Waals surface area contributed by atoms with Crippen LogP contribution in [0.2, 0.25) is 6.04 Å². The summed E-state index contributed by atoms with van der Waals surface area (Å²) < 4.78 is 4.97. The summed E-state index contributed by atoms with van der Waals surface area (Å²) in [5.41, 5.74) is 0. The third kappa shape index (κ3) is 11.0. The molecule has 1 N–H and O–H groups in total. The molecule has 0 rings (SSSR count). The highest BCUT2D eigenvalue weighted by Crippen LogP contribution is 2.26. The zero-order valence-corrected chi connectivity index (χ0v) is 9.29. The number of aliphatic hydroxyl groups excluding tert-OH is 1. The van der Waals surface area contributed by atoms with Gasteiger partial charge < -0.3 is 9.84 Å². The highest BCUT2D eigenvalue weighted by Gasteiger charge is 2.23. The van der Waals surface area contributed by atoms with Gasteiger partial charge in [-0.3, -0.25) is 0 Å². The Kier molecular flexibility index (Phi) is 7.11. The van der Waals surface area contributed by atoms with E-state index in [1.54, 1.807) is 0 Å². The minimum atomic E-state index is -2.44. The first-order chi connectivity index (χ1) is 5.06. The van der Waals surface area contributed by atoms with Crippen LogP contribution >= 0.6 is 33.2 Å². The van der Waals surface area contributed by atoms with E-state index >= 15 is 0 Å². The molecule has 0 bridgehead atoms. The maximum atomic E-state index is 8.33. The number of hydrogen-bond donors (Lipinski definition) is 1. The second kappa shape index (κ2) is 6.52. The molecule has 2 nitrogen and oxygen atoms in total. The molecule has 0 saturated heterocycles. The van der Waals surface area contributed by atoms with Gasteiger partial charge in [0.05, 0.1) is 13.2 Å². The lowest BCUT2D eigenvalue weighted by Crippen LogP contribution is -2.10. The van der Waals surface area contributed by atoms with Crippen molar-refractivity contribution in [1.29, 1.82) is 0 Å². The average molecular weight is 238 g/mol. The van der Waals surface area contributed by atoms with Gasteiger partial charge in [-0.1, -0.05) is 0 Å². The van der Waals surface area contributed by atoms with Crippen LogP contribution in [0.25, 0.3) is 0 Å². The van der Waals surface area contributed by atoms with Crippen molar-refractivity contribution in [2.45, 2.75) is 12.5 Å². The van der Waals surface area contributed by atoms with Crippen LogP contribution < -0.4 is 0 Å². The molecule has 0 radical (unpaired) electrons. The Labute approximate surface area is 81.5 Å². The van der Waals surface area contributed by atoms with Crippen molar-refractivity contribution < 1.29 is 9.84 Å². The molecule has 0 aliphatic carbocycles. The molecule has 0 aromatic heterocycles. The van der Waals surface area contributed by atoms with Gasteiger partial charge in [-0.2, -0.15) is 0 Å². The fourth-order valence-electron chi connectivity index (χ4n) is 0.541. The van der Waals surface area contributed by atoms with Gasteiger partial charge in [0.25, 0.3) is 0 Å². The fourth-order valence-corrected chi connectivity index (χ4v) is 2.29. The monoisotopic (exact) mass is 236 g/mol. The van der Waals surface area contributed by atoms with E-state index in [0.29, 0.717) is 19.3 Å². The van der Waals surface area contributed by atoms with E-state index in [4.69, 9.17) is 43.1 Å². The minimum absolute atomic E-state index is 0.0468. The summed E-state index contributed by atoms with van der Waals surface area (Å²) in [7, 11) is 0. The van der Waals surface area contributed by atoms with Crippen LogP contribution in [-0.2, 0) is 4.74 Å². The molecule has 0 unspecified atom stereocenters. The summed E-state index contributed by atoms with van der Waals surface area (Å²) in [6.45, 7) is 0.966. The maximum Gasteiger partial charge on any atom is 0.341 e. The minimum Gasteiger partial charge on any atom is -0.394 e. The van der Waals surface area contributed by atoms with Gasteiger partial charge >= 0.3 is 6.00 Å². The highest BCUT2D eigenvalue weighted by molar-refractivity contribution is 7.64. The van der Waals surface area contributed by atoms with Gasteiger partial charge in [0.2, 0.25) is 0 Å². The first kappa shape index (κ1) is 12.0. The normalized spacial score (nSPS) is 12.0. The second-order valence-electron chi connectivity index (χ2n) is 2.05. The molecule has 0 spiro atoms. The van der Waals surface area contributed by atoms with Crippen molar-refractivity contribution in [3.8, 4) is 0 Å². The van der Waals surface area contributed by atoms with Gasteiger partial charge in [-0.15, -0.1) is 33.2 Å². The third-order valence-corrected chi connectivity index (χ3v) is 3.61. The Hall–Kier alpha value is 1.01. The number of aliphatic hydroxyl groups is 1. The van der Waals surface area contributed by atoms with E-state index < -0.39 is 6.00 Å². The molecule has 6 heteroatoms. The molecule has 0 heterocycles. The van der Waals surface area contributed by atoms with E-state index in [9.17, 15) is 0 Å². The Morgan fingerprint density at radius 2 is 1.82 bits per heavy atom. The zero-order valence-electron chi connectivity index (χ0n) is 6.02. The van der Waals surface area contributed by atoms with Crippen LogP contribution in [0.1, 0.15) is 6.42 Å². The quantitative estimate of drug-likeness (QED) is 0.435. The number of halogens is 3. The summed E-state index contributed by atoms with van der Waals surface area (Å²) in [6, 6.07) is -1.83. The molecule has 0 fully saturated rings. The molecule has 0 saturated carbocycles. The van der Waals surface area contributed by atoms with E-state index in [2.05, 4.69) is 0 Å². The largest absolute Gasteiger partial charge is 0.394 e. The lowest BCUT2D eigenvalue weighted by Gasteiger charge is -2.06. The van der Waals surface area contributed by atoms with Crippen molar-refractivity contribution in [2.24, 2.45) is 0 Å². The maximum absolute atomic E-state index is 8.33. The first-order valence-electron chi connectivity index (χ1n) is 3.31. The SMILES string of the molecule is OCCOCCC[Si](Cl)(Cl)Cl. The Morgan fingerprint density at radius 1 is 1.18 bits per heavy atom. The standard InChI is InChI=1S/C5H11Cl3O2Si/c6-11(7,8)5-1-3-10-4-2-9/h9H,1-5H2. The molecule has 11 heavy (non-hydrogen) atoms. The molecular weight excluding hydrogens is 226 g/mol. The molecule has 0 amide bonds. The molecule has 0 aromatic carbocycles. The molecule has 0 atom stereocenters. The topological polar surface area (TPSA) is 29.5 Å². The van der Waals surface area contributed by atoms with Crippen LogP contribution in [0.4, 0.5) is 0 Å². The highest BCUT2D eigenvalue weighted by atomic mass is 35.8. The lowest BCUT2D eigenvalue weighted by atomic mass is 10.5. The summed E-state index contributed by atoms with van der Waals surface area (Å²) in [6.07, 6.45) is 0.753. The summed E-state index contributed by atoms with van der Waals surface area (Å²) in [5.74, 6) is 0. The van der Waals surface area contributed by atoms with E-state index in [1.807, 2.05) is 0 Å². The van der Waals surface area contributed by atoms with Crippen molar-refractivity contribution in [3.05, 3.63) is 0 Å². The predicted octanol–water partition coefficient (Wildman–Crippen LogP) is 2.04. The van der Waals surface area contributed by atoms with Crippen LogP contribution in [0.5, 0.6) is 0 Å². The molecule has 0 aliphatic rings. The van der Waals surface area contributed by atoms with Crippen LogP contribution in [0.3, 0.4) is 0 Å². The van der Waals surface area contributed by atoms with Crippen molar-refractivity contribution >= 4 is 39.2 Å². The van der Waals surface area contributed by atoms with Crippen LogP contribution in [0, 0.1) is 0 Å². The lowest BCUT2D eigenvalue weighted by molar-refractivity contribution is 0.0928. The van der Waals surface area contributed by atoms with Crippen molar-refractivity contribution in [2.75, 3.05) is 19.8 Å². The van der Waals surface area contributed by atoms with Crippen LogP contribution in [-0.4, -0.2) is 30.9 Å². The zero-order chi connectivity index (χ0) is 8.74. The van der Waals surface area contributed by atoms with Crippen molar-refractivity contribution in [1.82, 2.24) is 0 Å². The van der Waals surface area contributed by atoms with Crippen LogP contribution in [0.15, 0.2) is 0 Å². The second-order valence-corrected chi connectivity index (χ2v) is 11.3. The van der Waals surface area contributed by atoms with Gasteiger partial charge in [-0.25, -0.2) is 0 Å². The Bertz CT molecular complexity index is 96.2. The molecule has 0 aliphatic heterocycles. The number of rotatable bonds is 6. The van der Waals surface area contributed by atoms with Crippen molar-refractivity contribution in [3.63, 3.8) is 0 Å². The smallest absolute Gasteiger partial charge is 0.341 e. The van der Waals surface area contributed by atoms with Gasteiger partial charge in [0, 0.05) is 6.61 Å². The van der Waals surface area contributed by atoms with Gasteiger partial charge in [0.15, 0.2) is 0 Å². The Morgan fingerprint density at radius 3 is 2.27 bits per heavy atom. The summed E-state index contributed by atoms with van der Waals surface area (Å²) >= 11 is 16.8. The van der Waals surface area contributed by atoms with E-state index in [1.165, 1.54) is 0 Å². The predicted molar refractivity (Wildman–Crippen MR) is 50.6 cm³/mol.